The minimum atomic E-state index is -4.80. The second kappa shape index (κ2) is 35.4. The van der Waals surface area contributed by atoms with Crippen LogP contribution in [0.1, 0.15) is 198 Å². The minimum Gasteiger partial charge on any atom is -0.388 e. The summed E-state index contributed by atoms with van der Waals surface area (Å²) in [5, 5.41) is 9.84. The van der Waals surface area contributed by atoms with Gasteiger partial charge in [0.1, 0.15) is 12.2 Å². The van der Waals surface area contributed by atoms with E-state index in [2.05, 4.69) is 73.8 Å². The maximum Gasteiger partial charge on any atom is 0.472 e. The average molecular weight is 887 g/mol. The van der Waals surface area contributed by atoms with Crippen molar-refractivity contribution >= 4 is 15.6 Å². The van der Waals surface area contributed by atoms with Gasteiger partial charge >= 0.3 is 15.6 Å². The fourth-order valence-electron chi connectivity index (χ4n) is 7.58. The summed E-state index contributed by atoms with van der Waals surface area (Å²) in [6.07, 6.45) is 22.8. The molecule has 0 aliphatic rings. The summed E-state index contributed by atoms with van der Waals surface area (Å²) >= 11 is 0. The van der Waals surface area contributed by atoms with E-state index in [0.717, 1.165) is 61.2 Å². The standard InChI is InChI=1S/C46H96O11P2/c1-37(2)17-11-19-39(5)21-13-23-41(7)25-15-27-43(9)29-31-53-35-46(36-57-59(51,52)56-34-45(47)33-55-58(48,49)50)54-32-30-44(10)28-16-26-42(8)24-14-22-40(6)20-12-18-38(3)4/h37-47H,11-36H2,1-10H3,(H,51,52)(H2,48,49,50)/t39-,40+,41-,42+,43-,44+,45+,46+/m1/s1. The highest BCUT2D eigenvalue weighted by Gasteiger charge is 2.27. The summed E-state index contributed by atoms with van der Waals surface area (Å²) in [5.41, 5.74) is 0. The predicted molar refractivity (Wildman–Crippen MR) is 243 cm³/mol. The Hall–Kier alpha value is 0.1000. The van der Waals surface area contributed by atoms with Gasteiger partial charge in [0.2, 0.25) is 0 Å². The zero-order valence-electron chi connectivity index (χ0n) is 39.7. The fourth-order valence-corrected chi connectivity index (χ4v) is 8.74. The van der Waals surface area contributed by atoms with Crippen molar-refractivity contribution in [3.8, 4) is 0 Å². The Balaban J connectivity index is 4.69. The molecule has 59 heavy (non-hydrogen) atoms. The molecule has 1 unspecified atom stereocenters. The van der Waals surface area contributed by atoms with Crippen molar-refractivity contribution < 1.29 is 52.0 Å². The normalized spacial score (nSPS) is 17.8. The zero-order valence-corrected chi connectivity index (χ0v) is 41.5. The molecule has 4 N–H and O–H groups in total. The van der Waals surface area contributed by atoms with Crippen LogP contribution in [-0.2, 0) is 32.2 Å². The van der Waals surface area contributed by atoms with Gasteiger partial charge in [0.15, 0.2) is 0 Å². The number of aliphatic hydroxyl groups is 1. The van der Waals surface area contributed by atoms with Crippen molar-refractivity contribution in [2.75, 3.05) is 39.6 Å². The largest absolute Gasteiger partial charge is 0.472 e. The molecule has 13 heteroatoms. The van der Waals surface area contributed by atoms with Gasteiger partial charge in [-0.3, -0.25) is 13.6 Å². The smallest absolute Gasteiger partial charge is 0.388 e. The second-order valence-corrected chi connectivity index (χ2v) is 22.3. The van der Waals surface area contributed by atoms with Crippen molar-refractivity contribution in [1.82, 2.24) is 0 Å². The Kier molecular flexibility index (Phi) is 35.5. The number of hydrogen-bond donors (Lipinski definition) is 4. The summed E-state index contributed by atoms with van der Waals surface area (Å²) in [4.78, 5) is 27.8. The number of phosphoric acid groups is 2. The number of phosphoric ester groups is 2. The van der Waals surface area contributed by atoms with Gasteiger partial charge in [0.25, 0.3) is 0 Å². The molecule has 0 radical (unpaired) electrons. The van der Waals surface area contributed by atoms with E-state index >= 15 is 0 Å². The van der Waals surface area contributed by atoms with E-state index in [1.807, 2.05) is 0 Å². The van der Waals surface area contributed by atoms with E-state index in [4.69, 9.17) is 28.3 Å². The lowest BCUT2D eigenvalue weighted by Gasteiger charge is -2.22. The Morgan fingerprint density at radius 1 is 0.407 bits per heavy atom. The van der Waals surface area contributed by atoms with Crippen LogP contribution < -0.4 is 0 Å². The third kappa shape index (κ3) is 40.6. The van der Waals surface area contributed by atoms with E-state index < -0.39 is 41.1 Å². The first-order valence-corrected chi connectivity index (χ1v) is 26.9. The summed E-state index contributed by atoms with van der Waals surface area (Å²) < 4.78 is 49.9. The van der Waals surface area contributed by atoms with Gasteiger partial charge in [0.05, 0.1) is 26.4 Å². The molecule has 0 aliphatic heterocycles. The molecule has 0 spiro atoms. The summed E-state index contributed by atoms with van der Waals surface area (Å²) in [6.45, 7) is 22.8. The van der Waals surface area contributed by atoms with Gasteiger partial charge in [-0.25, -0.2) is 9.13 Å². The van der Waals surface area contributed by atoms with Crippen molar-refractivity contribution in [3.63, 3.8) is 0 Å². The first kappa shape index (κ1) is 59.1. The topological polar surface area (TPSA) is 161 Å². The molecule has 0 bridgehead atoms. The average Bonchev–Trinajstić information content (AvgIpc) is 3.13. The third-order valence-electron chi connectivity index (χ3n) is 11.8. The van der Waals surface area contributed by atoms with E-state index in [1.54, 1.807) is 0 Å². The molecule has 11 nitrogen and oxygen atoms in total. The van der Waals surface area contributed by atoms with Crippen LogP contribution in [0.25, 0.3) is 0 Å². The molecule has 0 aliphatic carbocycles. The molecule has 0 aromatic heterocycles. The predicted octanol–water partition coefficient (Wildman–Crippen LogP) is 12.9. The number of ether oxygens (including phenoxy) is 2. The van der Waals surface area contributed by atoms with Crippen LogP contribution in [-0.4, -0.2) is 71.6 Å². The molecule has 356 valence electrons. The van der Waals surface area contributed by atoms with Gasteiger partial charge in [-0.05, 0) is 60.2 Å². The van der Waals surface area contributed by atoms with Crippen LogP contribution in [0.2, 0.25) is 0 Å². The molecule has 0 amide bonds. The zero-order chi connectivity index (χ0) is 44.7. The Morgan fingerprint density at radius 3 is 1.10 bits per heavy atom. The van der Waals surface area contributed by atoms with Crippen molar-refractivity contribution in [2.24, 2.45) is 47.3 Å². The summed E-state index contributed by atoms with van der Waals surface area (Å²) in [6, 6.07) is 0. The van der Waals surface area contributed by atoms with Gasteiger partial charge in [-0.15, -0.1) is 0 Å². The Labute approximate surface area is 363 Å². The quantitative estimate of drug-likeness (QED) is 0.0341. The molecule has 0 saturated carbocycles. The third-order valence-corrected chi connectivity index (χ3v) is 13.3. The van der Waals surface area contributed by atoms with Crippen molar-refractivity contribution in [2.45, 2.75) is 210 Å². The number of hydrogen-bond acceptors (Lipinski definition) is 8. The van der Waals surface area contributed by atoms with Crippen LogP contribution in [0.3, 0.4) is 0 Å². The Morgan fingerprint density at radius 2 is 0.729 bits per heavy atom. The highest BCUT2D eigenvalue weighted by atomic mass is 31.2. The molecule has 0 aromatic carbocycles. The highest BCUT2D eigenvalue weighted by molar-refractivity contribution is 7.47. The minimum absolute atomic E-state index is 0.195. The summed E-state index contributed by atoms with van der Waals surface area (Å²) in [7, 11) is -9.41. The van der Waals surface area contributed by atoms with Crippen LogP contribution >= 0.6 is 15.6 Å². The van der Waals surface area contributed by atoms with E-state index in [9.17, 15) is 19.1 Å². The Bertz CT molecular complexity index is 1060. The van der Waals surface area contributed by atoms with E-state index in [-0.39, 0.29) is 13.2 Å². The molecular weight excluding hydrogens is 790 g/mol. The SMILES string of the molecule is CC(C)CCC[C@@H](C)CCC[C@@H](C)CCC[C@@H](C)CCOC[C@@H](COP(=O)(O)OC[C@@H](O)COP(=O)(O)O)OCC[C@@H](C)CCC[C@@H](C)CCC[C@@H](C)CCCC(C)C. The van der Waals surface area contributed by atoms with Gasteiger partial charge in [-0.2, -0.15) is 0 Å². The van der Waals surface area contributed by atoms with Crippen LogP contribution in [0.4, 0.5) is 0 Å². The lowest BCUT2D eigenvalue weighted by atomic mass is 9.91. The molecule has 0 fully saturated rings. The maximum absolute atomic E-state index is 12.6. The lowest BCUT2D eigenvalue weighted by Crippen LogP contribution is -2.27. The number of aliphatic hydroxyl groups excluding tert-OH is 1. The molecule has 0 heterocycles. The number of rotatable bonds is 42. The van der Waals surface area contributed by atoms with Crippen molar-refractivity contribution in [1.29, 1.82) is 0 Å². The monoisotopic (exact) mass is 887 g/mol. The van der Waals surface area contributed by atoms with Gasteiger partial charge < -0.3 is 29.3 Å². The second-order valence-electron chi connectivity index (χ2n) is 19.6. The van der Waals surface area contributed by atoms with E-state index in [0.29, 0.717) is 25.0 Å². The molecular formula is C46H96O11P2. The molecule has 0 aromatic rings. The van der Waals surface area contributed by atoms with Crippen LogP contribution in [0.15, 0.2) is 0 Å². The van der Waals surface area contributed by atoms with Crippen LogP contribution in [0.5, 0.6) is 0 Å². The molecule has 9 atom stereocenters. The molecule has 0 saturated heterocycles. The van der Waals surface area contributed by atoms with Gasteiger partial charge in [0, 0.05) is 13.2 Å². The lowest BCUT2D eigenvalue weighted by molar-refractivity contribution is -0.0492. The fraction of sp³-hybridized carbons (Fsp3) is 1.00. The summed E-state index contributed by atoms with van der Waals surface area (Å²) in [5.74, 6) is 5.73. The first-order valence-electron chi connectivity index (χ1n) is 23.9. The first-order chi connectivity index (χ1) is 27.7. The molecule has 0 rings (SSSR count). The maximum atomic E-state index is 12.6. The highest BCUT2D eigenvalue weighted by Crippen LogP contribution is 2.44. The van der Waals surface area contributed by atoms with Gasteiger partial charge in [-0.1, -0.05) is 185 Å². The van der Waals surface area contributed by atoms with Crippen LogP contribution in [0, 0.1) is 47.3 Å². The van der Waals surface area contributed by atoms with Crippen molar-refractivity contribution in [3.05, 3.63) is 0 Å². The van der Waals surface area contributed by atoms with E-state index in [1.165, 1.54) is 103 Å².